The van der Waals surface area contributed by atoms with E-state index in [-0.39, 0.29) is 5.91 Å². The first kappa shape index (κ1) is 23.5. The molecule has 0 bridgehead atoms. The van der Waals surface area contributed by atoms with Crippen LogP contribution in [-0.4, -0.2) is 34.0 Å². The fraction of sp³-hybridized carbons (Fsp3) is 0.238. The van der Waals surface area contributed by atoms with Gasteiger partial charge in [-0.05, 0) is 52.0 Å². The summed E-state index contributed by atoms with van der Waals surface area (Å²) in [6.07, 6.45) is -0.853. The molecule has 3 aromatic rings. The number of amides is 1. The predicted molar refractivity (Wildman–Crippen MR) is 134 cm³/mol. The minimum Gasteiger partial charge on any atom is -0.495 e. The van der Waals surface area contributed by atoms with Crippen LogP contribution in [0.2, 0.25) is 0 Å². The Kier molecular flexibility index (Phi) is 7.09. The molecule has 0 N–H and O–H groups in total. The third-order valence-corrected chi connectivity index (χ3v) is 6.95. The molecule has 4 rings (SSSR count). The normalized spacial score (nSPS) is 14.8. The topological polar surface area (TPSA) is 77.4 Å². The average molecular weight is 645 g/mol. The van der Waals surface area contributed by atoms with Crippen molar-refractivity contribution >= 4 is 71.1 Å². The van der Waals surface area contributed by atoms with Gasteiger partial charge in [0.25, 0.3) is 0 Å². The maximum atomic E-state index is 13.0. The Morgan fingerprint density at radius 3 is 2.66 bits per heavy atom. The van der Waals surface area contributed by atoms with E-state index in [9.17, 15) is 4.79 Å². The number of hydrogen-bond donors (Lipinski definition) is 0. The molecule has 1 atom stereocenters. The number of rotatable bonds is 4. The summed E-state index contributed by atoms with van der Waals surface area (Å²) in [5, 5.41) is 9.16. The lowest BCUT2D eigenvalue weighted by Crippen LogP contribution is -2.36. The van der Waals surface area contributed by atoms with Crippen molar-refractivity contribution in [1.29, 1.82) is 0 Å². The third kappa shape index (κ3) is 4.40. The minimum absolute atomic E-state index is 0.208. The molecule has 1 aliphatic rings. The number of nitrogens with zero attached hydrogens (tertiary/aromatic N) is 4. The number of methoxy groups -OCH3 is 1. The van der Waals surface area contributed by atoms with Crippen LogP contribution in [0.25, 0.3) is 11.3 Å². The van der Waals surface area contributed by atoms with Crippen LogP contribution >= 0.6 is 59.6 Å². The molecule has 0 spiro atoms. The van der Waals surface area contributed by atoms with Gasteiger partial charge in [-0.1, -0.05) is 50.5 Å². The zero-order valence-corrected chi connectivity index (χ0v) is 22.8. The summed E-state index contributed by atoms with van der Waals surface area (Å²) in [6, 6.07) is 9.34. The van der Waals surface area contributed by atoms with E-state index >= 15 is 0 Å². The first-order valence-corrected chi connectivity index (χ1v) is 12.9. The second-order valence-corrected chi connectivity index (χ2v) is 10.6. The fourth-order valence-electron chi connectivity index (χ4n) is 3.45. The van der Waals surface area contributed by atoms with Gasteiger partial charge in [-0.2, -0.15) is 4.98 Å². The predicted octanol–water partition coefficient (Wildman–Crippen LogP) is 6.39. The van der Waals surface area contributed by atoms with Gasteiger partial charge in [-0.25, -0.2) is 0 Å². The van der Waals surface area contributed by atoms with Crippen LogP contribution in [-0.2, 0) is 4.79 Å². The van der Waals surface area contributed by atoms with Crippen LogP contribution < -0.4 is 14.4 Å². The largest absolute Gasteiger partial charge is 0.495 e. The molecule has 2 heterocycles. The third-order valence-electron chi connectivity index (χ3n) is 4.69. The number of carbonyl (C=O) groups excluding carboxylic acids is 1. The molecule has 0 aliphatic carbocycles. The van der Waals surface area contributed by atoms with Gasteiger partial charge in [0, 0.05) is 21.4 Å². The number of anilines is 1. The van der Waals surface area contributed by atoms with Gasteiger partial charge >= 0.3 is 0 Å². The standard InChI is InChI=1S/C21H17Br3N4O3S/c1-4-32-21-25-19-17(26-27-21)13-7-11(22)5-6-16(13)28(10(2)29)20(31-19)14-8-12(23)9-15(24)18(14)30-3/h5-9,20H,4H2,1-3H3. The second kappa shape index (κ2) is 9.66. The number of ether oxygens (including phenoxy) is 2. The summed E-state index contributed by atoms with van der Waals surface area (Å²) in [5.74, 6) is 1.43. The molecule has 1 aliphatic heterocycles. The molecule has 7 nitrogen and oxygen atoms in total. The van der Waals surface area contributed by atoms with Crippen molar-refractivity contribution in [2.45, 2.75) is 25.2 Å². The molecule has 1 unspecified atom stereocenters. The molecule has 0 fully saturated rings. The summed E-state index contributed by atoms with van der Waals surface area (Å²) in [6.45, 7) is 3.51. The molecule has 2 aromatic carbocycles. The van der Waals surface area contributed by atoms with Gasteiger partial charge in [-0.15, -0.1) is 10.2 Å². The van der Waals surface area contributed by atoms with Crippen LogP contribution in [0.15, 0.2) is 48.9 Å². The van der Waals surface area contributed by atoms with Crippen molar-refractivity contribution in [2.24, 2.45) is 0 Å². The fourth-order valence-corrected chi connectivity index (χ4v) is 5.73. The number of fused-ring (bicyclic) bond motifs is 3. The first-order valence-electron chi connectivity index (χ1n) is 9.50. The second-order valence-electron chi connectivity index (χ2n) is 6.71. The number of aromatic nitrogens is 3. The SMILES string of the molecule is CCSc1nnc2c(n1)OC(c1cc(Br)cc(Br)c1OC)N(C(C)=O)c1ccc(Br)cc1-2. The Morgan fingerprint density at radius 2 is 1.97 bits per heavy atom. The maximum absolute atomic E-state index is 13.0. The molecule has 0 saturated heterocycles. The summed E-state index contributed by atoms with van der Waals surface area (Å²) in [5.41, 5.74) is 2.43. The Bertz CT molecular complexity index is 1210. The average Bonchev–Trinajstić information content (AvgIpc) is 2.87. The molecule has 1 amide bonds. The van der Waals surface area contributed by atoms with Gasteiger partial charge in [-0.3, -0.25) is 9.69 Å². The van der Waals surface area contributed by atoms with Gasteiger partial charge in [0.2, 0.25) is 23.2 Å². The van der Waals surface area contributed by atoms with Crippen molar-refractivity contribution < 1.29 is 14.3 Å². The van der Waals surface area contributed by atoms with Crippen molar-refractivity contribution in [3.63, 3.8) is 0 Å². The van der Waals surface area contributed by atoms with E-state index in [0.717, 1.165) is 19.2 Å². The van der Waals surface area contributed by atoms with Gasteiger partial charge in [0.1, 0.15) is 5.75 Å². The van der Waals surface area contributed by atoms with Crippen LogP contribution in [0.1, 0.15) is 25.6 Å². The lowest BCUT2D eigenvalue weighted by molar-refractivity contribution is -0.118. The Balaban J connectivity index is 2.02. The zero-order valence-electron chi connectivity index (χ0n) is 17.2. The molecule has 166 valence electrons. The first-order chi connectivity index (χ1) is 15.3. The number of thioether (sulfide) groups is 1. The number of benzene rings is 2. The Morgan fingerprint density at radius 1 is 1.19 bits per heavy atom. The maximum Gasteiger partial charge on any atom is 0.247 e. The Labute approximate surface area is 214 Å². The number of carbonyl (C=O) groups is 1. The Hall–Kier alpha value is -1.69. The van der Waals surface area contributed by atoms with Crippen molar-refractivity contribution in [3.8, 4) is 22.9 Å². The van der Waals surface area contributed by atoms with Crippen molar-refractivity contribution in [2.75, 3.05) is 17.8 Å². The molecule has 0 saturated carbocycles. The smallest absolute Gasteiger partial charge is 0.247 e. The van der Waals surface area contributed by atoms with Gasteiger partial charge < -0.3 is 9.47 Å². The van der Waals surface area contributed by atoms with E-state index in [4.69, 9.17) is 9.47 Å². The van der Waals surface area contributed by atoms with Crippen LogP contribution in [0.4, 0.5) is 5.69 Å². The van der Waals surface area contributed by atoms with E-state index in [1.54, 1.807) is 12.0 Å². The highest BCUT2D eigenvalue weighted by Crippen LogP contribution is 2.47. The zero-order chi connectivity index (χ0) is 23.0. The summed E-state index contributed by atoms with van der Waals surface area (Å²) < 4.78 is 14.4. The highest BCUT2D eigenvalue weighted by molar-refractivity contribution is 9.11. The van der Waals surface area contributed by atoms with Crippen LogP contribution in [0.3, 0.4) is 0 Å². The lowest BCUT2D eigenvalue weighted by atomic mass is 10.1. The summed E-state index contributed by atoms with van der Waals surface area (Å²) in [7, 11) is 1.57. The van der Waals surface area contributed by atoms with Crippen molar-refractivity contribution in [1.82, 2.24) is 15.2 Å². The lowest BCUT2D eigenvalue weighted by Gasteiger charge is -2.31. The van der Waals surface area contributed by atoms with Crippen LogP contribution in [0, 0.1) is 0 Å². The molecule has 11 heteroatoms. The van der Waals surface area contributed by atoms with E-state index in [1.807, 2.05) is 37.3 Å². The van der Waals surface area contributed by atoms with E-state index in [0.29, 0.717) is 39.3 Å². The monoisotopic (exact) mass is 642 g/mol. The van der Waals surface area contributed by atoms with Crippen LogP contribution in [0.5, 0.6) is 11.6 Å². The molecular formula is C21H17Br3N4O3S. The van der Waals surface area contributed by atoms with E-state index in [2.05, 4.69) is 63.0 Å². The van der Waals surface area contributed by atoms with E-state index < -0.39 is 6.23 Å². The molecular weight excluding hydrogens is 628 g/mol. The summed E-state index contributed by atoms with van der Waals surface area (Å²) >= 11 is 12.1. The van der Waals surface area contributed by atoms with Crippen molar-refractivity contribution in [3.05, 3.63) is 49.3 Å². The molecule has 32 heavy (non-hydrogen) atoms. The summed E-state index contributed by atoms with van der Waals surface area (Å²) in [4.78, 5) is 19.2. The molecule has 1 aromatic heterocycles. The van der Waals surface area contributed by atoms with E-state index in [1.165, 1.54) is 18.7 Å². The van der Waals surface area contributed by atoms with Gasteiger partial charge in [0.05, 0.1) is 22.8 Å². The number of hydrogen-bond acceptors (Lipinski definition) is 7. The minimum atomic E-state index is -0.853. The highest BCUT2D eigenvalue weighted by Gasteiger charge is 2.37. The van der Waals surface area contributed by atoms with Gasteiger partial charge in [0.15, 0.2) is 5.69 Å². The molecule has 0 radical (unpaired) electrons. The number of halogens is 3. The highest BCUT2D eigenvalue weighted by atomic mass is 79.9. The quantitative estimate of drug-likeness (QED) is 0.305.